The minimum Gasteiger partial charge on any atom is -0.354 e. The summed E-state index contributed by atoms with van der Waals surface area (Å²) in [5.41, 5.74) is 5.78. The zero-order valence-corrected chi connectivity index (χ0v) is 19.3. The summed E-state index contributed by atoms with van der Waals surface area (Å²) in [4.78, 5) is 25.7. The van der Waals surface area contributed by atoms with Gasteiger partial charge in [0, 0.05) is 23.0 Å². The molecule has 1 amide bonds. The summed E-state index contributed by atoms with van der Waals surface area (Å²) in [6, 6.07) is 25.2. The summed E-state index contributed by atoms with van der Waals surface area (Å²) >= 11 is 0. The minimum atomic E-state index is -0.0850. The van der Waals surface area contributed by atoms with E-state index < -0.39 is 0 Å². The second-order valence-electron chi connectivity index (χ2n) is 8.55. The van der Waals surface area contributed by atoms with Crippen LogP contribution in [-0.4, -0.2) is 26.8 Å². The first-order chi connectivity index (χ1) is 16.5. The molecule has 1 N–H and O–H groups in total. The van der Waals surface area contributed by atoms with Gasteiger partial charge in [0.25, 0.3) is 0 Å². The topological polar surface area (TPSA) is 68.9 Å². The maximum atomic E-state index is 12.9. The van der Waals surface area contributed by atoms with Crippen molar-refractivity contribution in [1.29, 1.82) is 0 Å². The van der Waals surface area contributed by atoms with E-state index in [9.17, 15) is 9.59 Å². The van der Waals surface area contributed by atoms with E-state index in [1.54, 1.807) is 0 Å². The van der Waals surface area contributed by atoms with Crippen molar-refractivity contribution < 1.29 is 4.79 Å². The molecule has 170 valence electrons. The predicted molar refractivity (Wildman–Crippen MR) is 135 cm³/mol. The van der Waals surface area contributed by atoms with Crippen LogP contribution in [0.25, 0.3) is 27.5 Å². The fourth-order valence-electron chi connectivity index (χ4n) is 4.49. The van der Waals surface area contributed by atoms with Crippen LogP contribution in [-0.2, 0) is 17.8 Å². The molecule has 0 aliphatic rings. The molecule has 0 bridgehead atoms. The third-order valence-corrected chi connectivity index (χ3v) is 6.11. The Morgan fingerprint density at radius 1 is 0.882 bits per heavy atom. The van der Waals surface area contributed by atoms with Crippen LogP contribution in [0.4, 0.5) is 0 Å². The molecule has 0 fully saturated rings. The quantitative estimate of drug-likeness (QED) is 0.392. The summed E-state index contributed by atoms with van der Waals surface area (Å²) in [5.74, 6) is -0.0850. The van der Waals surface area contributed by atoms with E-state index in [1.807, 2.05) is 71.6 Å². The summed E-state index contributed by atoms with van der Waals surface area (Å²) < 4.78 is 3.85. The molecule has 5 rings (SSSR count). The van der Waals surface area contributed by atoms with E-state index in [0.29, 0.717) is 17.3 Å². The first-order valence-corrected chi connectivity index (χ1v) is 11.4. The number of hydrogen-bond donors (Lipinski definition) is 1. The van der Waals surface area contributed by atoms with E-state index in [1.165, 1.54) is 0 Å². The summed E-state index contributed by atoms with van der Waals surface area (Å²) in [6.07, 6.45) is 0.731. The Morgan fingerprint density at radius 3 is 2.09 bits per heavy atom. The lowest BCUT2D eigenvalue weighted by Crippen LogP contribution is -2.30. The van der Waals surface area contributed by atoms with Crippen molar-refractivity contribution in [2.45, 2.75) is 26.8 Å². The highest BCUT2D eigenvalue weighted by molar-refractivity contribution is 5.94. The molecule has 0 saturated carbocycles. The third kappa shape index (κ3) is 4.10. The van der Waals surface area contributed by atoms with Crippen LogP contribution < -0.4 is 10.7 Å². The molecule has 6 heteroatoms. The number of rotatable bonds is 6. The van der Waals surface area contributed by atoms with Crippen molar-refractivity contribution >= 4 is 27.7 Å². The highest BCUT2D eigenvalue weighted by atomic mass is 16.2. The van der Waals surface area contributed by atoms with Gasteiger partial charge in [-0.3, -0.25) is 9.59 Å². The Bertz CT molecular complexity index is 1500. The van der Waals surface area contributed by atoms with Crippen LogP contribution in [0.3, 0.4) is 0 Å². The number of amides is 1. The van der Waals surface area contributed by atoms with Crippen LogP contribution in [0.2, 0.25) is 0 Å². The Hall–Kier alpha value is -4.19. The number of nitrogens with zero attached hydrogens (tertiary/aromatic N) is 3. The van der Waals surface area contributed by atoms with Crippen molar-refractivity contribution in [2.75, 3.05) is 6.54 Å². The van der Waals surface area contributed by atoms with Crippen LogP contribution >= 0.6 is 0 Å². The average molecular weight is 451 g/mol. The highest BCUT2D eigenvalue weighted by Crippen LogP contribution is 2.19. The Kier molecular flexibility index (Phi) is 5.72. The summed E-state index contributed by atoms with van der Waals surface area (Å²) in [6.45, 7) is 4.71. The third-order valence-electron chi connectivity index (χ3n) is 6.11. The lowest BCUT2D eigenvalue weighted by atomic mass is 10.1. The molecule has 0 spiro atoms. The van der Waals surface area contributed by atoms with Gasteiger partial charge in [-0.15, -0.1) is 0 Å². The molecule has 2 aromatic heterocycles. The number of para-hydroxylation sites is 2. The number of nitrogens with one attached hydrogen (secondary N) is 1. The maximum absolute atomic E-state index is 12.9. The van der Waals surface area contributed by atoms with Crippen molar-refractivity contribution in [2.24, 2.45) is 0 Å². The molecular formula is C28H26N4O2. The molecule has 0 aliphatic heterocycles. The Morgan fingerprint density at radius 2 is 1.50 bits per heavy atom. The van der Waals surface area contributed by atoms with Crippen LogP contribution in [0.15, 0.2) is 83.7 Å². The summed E-state index contributed by atoms with van der Waals surface area (Å²) in [7, 11) is 0. The van der Waals surface area contributed by atoms with Gasteiger partial charge in [0.15, 0.2) is 5.43 Å². The number of aromatic nitrogens is 3. The molecule has 0 unspecified atom stereocenters. The van der Waals surface area contributed by atoms with Gasteiger partial charge in [-0.25, -0.2) is 4.68 Å². The highest BCUT2D eigenvalue weighted by Gasteiger charge is 2.12. The van der Waals surface area contributed by atoms with Crippen LogP contribution in [0.1, 0.15) is 17.0 Å². The largest absolute Gasteiger partial charge is 0.354 e. The smallest absolute Gasteiger partial charge is 0.239 e. The number of fused-ring (bicyclic) bond motifs is 2. The zero-order valence-electron chi connectivity index (χ0n) is 19.3. The molecular weight excluding hydrogens is 424 g/mol. The van der Waals surface area contributed by atoms with Crippen molar-refractivity contribution in [3.8, 4) is 5.69 Å². The van der Waals surface area contributed by atoms with Gasteiger partial charge in [-0.05, 0) is 68.3 Å². The lowest BCUT2D eigenvalue weighted by molar-refractivity contribution is -0.121. The van der Waals surface area contributed by atoms with Gasteiger partial charge in [0.1, 0.15) is 6.54 Å². The molecule has 6 nitrogen and oxygen atoms in total. The fraction of sp³-hybridized carbons (Fsp3) is 0.179. The maximum Gasteiger partial charge on any atom is 0.239 e. The van der Waals surface area contributed by atoms with Crippen LogP contribution in [0.5, 0.6) is 0 Å². The standard InChI is InChI=1S/C28H26N4O2/c1-19-17-20(2)32(30-19)22-13-11-21(12-14-22)15-16-29-27(33)18-31-25-9-5-3-7-23(25)28(34)24-8-4-6-10-26(24)31/h3-14,17H,15-16,18H2,1-2H3,(H,29,33). The average Bonchev–Trinajstić information content (AvgIpc) is 3.20. The number of aryl methyl sites for hydroxylation is 2. The van der Waals surface area contributed by atoms with Crippen molar-refractivity contribution in [1.82, 2.24) is 19.7 Å². The number of pyridine rings is 1. The normalized spacial score (nSPS) is 11.2. The van der Waals surface area contributed by atoms with E-state index in [2.05, 4.69) is 40.7 Å². The molecule has 0 saturated heterocycles. The van der Waals surface area contributed by atoms with E-state index in [-0.39, 0.29) is 17.9 Å². The second kappa shape index (κ2) is 8.98. The van der Waals surface area contributed by atoms with Crippen molar-refractivity contribution in [3.63, 3.8) is 0 Å². The van der Waals surface area contributed by atoms with Gasteiger partial charge in [-0.1, -0.05) is 36.4 Å². The first-order valence-electron chi connectivity index (χ1n) is 11.4. The zero-order chi connectivity index (χ0) is 23.7. The Balaban J connectivity index is 1.29. The molecule has 5 aromatic rings. The summed E-state index contributed by atoms with van der Waals surface area (Å²) in [5, 5.41) is 8.79. The number of carbonyl (C=O) groups excluding carboxylic acids is 1. The molecule has 0 atom stereocenters. The minimum absolute atomic E-state index is 0.00762. The van der Waals surface area contributed by atoms with Gasteiger partial charge in [0.2, 0.25) is 5.91 Å². The number of hydrogen-bond acceptors (Lipinski definition) is 3. The first kappa shape index (κ1) is 21.6. The van der Waals surface area contributed by atoms with E-state index in [4.69, 9.17) is 0 Å². The Labute approximate surface area is 197 Å². The van der Waals surface area contributed by atoms with Crippen LogP contribution in [0, 0.1) is 13.8 Å². The van der Waals surface area contributed by atoms with E-state index >= 15 is 0 Å². The monoisotopic (exact) mass is 450 g/mol. The number of carbonyl (C=O) groups is 1. The lowest BCUT2D eigenvalue weighted by Gasteiger charge is -2.15. The fourth-order valence-corrected chi connectivity index (χ4v) is 4.49. The van der Waals surface area contributed by atoms with Gasteiger partial charge in [-0.2, -0.15) is 5.10 Å². The van der Waals surface area contributed by atoms with Crippen molar-refractivity contribution in [3.05, 3.63) is 106 Å². The van der Waals surface area contributed by atoms with Gasteiger partial charge < -0.3 is 9.88 Å². The molecule has 0 aliphatic carbocycles. The second-order valence-corrected chi connectivity index (χ2v) is 8.55. The van der Waals surface area contributed by atoms with Gasteiger partial charge in [0.05, 0.1) is 22.4 Å². The molecule has 0 radical (unpaired) electrons. The number of benzene rings is 3. The SMILES string of the molecule is Cc1cc(C)n(-c2ccc(CCNC(=O)Cn3c4ccccc4c(=O)c4ccccc43)cc2)n1. The molecule has 2 heterocycles. The predicted octanol–water partition coefficient (Wildman–Crippen LogP) is 4.32. The van der Waals surface area contributed by atoms with E-state index in [0.717, 1.165) is 40.1 Å². The van der Waals surface area contributed by atoms with Gasteiger partial charge >= 0.3 is 0 Å². The molecule has 3 aromatic carbocycles. The molecule has 34 heavy (non-hydrogen) atoms.